The lowest BCUT2D eigenvalue weighted by Crippen LogP contribution is -2.52. The average Bonchev–Trinajstić information content (AvgIpc) is 3.51. The number of anilines is 1. The highest BCUT2D eigenvalue weighted by molar-refractivity contribution is 7.92. The Morgan fingerprint density at radius 3 is 2.21 bits per heavy atom. The maximum absolute atomic E-state index is 13.9. The maximum atomic E-state index is 13.9. The second-order valence-corrected chi connectivity index (χ2v) is 12.9. The lowest BCUT2D eigenvalue weighted by molar-refractivity contribution is -0.141. The first kappa shape index (κ1) is 32.0. The molecule has 230 valence electrons. The number of carbonyl (C=O) groups excluding carboxylic acids is 2. The molecule has 1 aliphatic carbocycles. The van der Waals surface area contributed by atoms with Crippen LogP contribution in [0.5, 0.6) is 5.75 Å². The molecule has 0 radical (unpaired) electrons. The minimum absolute atomic E-state index is 0.0192. The first-order chi connectivity index (χ1) is 20.6. The SMILES string of the molecule is COc1ccc(N(CCCC(=O)N(Cc2ccc(F)cc2)[C@@H](Cc2ccccc2)C(=O)NC2CCCC2)S(C)(=O)=O)cc1. The second-order valence-electron chi connectivity index (χ2n) is 11.0. The van der Waals surface area contributed by atoms with Crippen LogP contribution in [0.15, 0.2) is 78.9 Å². The fraction of sp³-hybridized carbons (Fsp3) is 0.394. The van der Waals surface area contributed by atoms with Gasteiger partial charge in [-0.1, -0.05) is 55.3 Å². The maximum Gasteiger partial charge on any atom is 0.243 e. The minimum Gasteiger partial charge on any atom is -0.497 e. The van der Waals surface area contributed by atoms with Crippen molar-refractivity contribution in [3.63, 3.8) is 0 Å². The molecule has 0 saturated heterocycles. The Labute approximate surface area is 253 Å². The third-order valence-electron chi connectivity index (χ3n) is 7.75. The van der Waals surface area contributed by atoms with Gasteiger partial charge in [-0.25, -0.2) is 12.8 Å². The Bertz CT molecular complexity index is 1440. The highest BCUT2D eigenvalue weighted by Gasteiger charge is 2.32. The van der Waals surface area contributed by atoms with Crippen molar-refractivity contribution in [1.29, 1.82) is 0 Å². The van der Waals surface area contributed by atoms with Gasteiger partial charge in [0.15, 0.2) is 0 Å². The van der Waals surface area contributed by atoms with Crippen molar-refractivity contribution >= 4 is 27.5 Å². The quantitative estimate of drug-likeness (QED) is 0.275. The van der Waals surface area contributed by atoms with Gasteiger partial charge in [0.1, 0.15) is 17.6 Å². The largest absolute Gasteiger partial charge is 0.497 e. The number of methoxy groups -OCH3 is 1. The molecule has 2 amide bonds. The topological polar surface area (TPSA) is 96.0 Å². The molecule has 1 fully saturated rings. The van der Waals surface area contributed by atoms with Crippen LogP contribution in [0.25, 0.3) is 0 Å². The van der Waals surface area contributed by atoms with Gasteiger partial charge >= 0.3 is 0 Å². The van der Waals surface area contributed by atoms with Crippen molar-refractivity contribution in [2.45, 2.75) is 63.6 Å². The summed E-state index contributed by atoms with van der Waals surface area (Å²) in [7, 11) is -2.09. The molecule has 3 aromatic carbocycles. The van der Waals surface area contributed by atoms with Gasteiger partial charge in [0.25, 0.3) is 0 Å². The standard InChI is InChI=1S/C33H40FN3O5S/c1-42-30-20-18-29(19-21-30)37(43(2,40)41)22-8-13-32(38)36(24-26-14-16-27(34)17-15-26)31(23-25-9-4-3-5-10-25)33(39)35-28-11-6-7-12-28/h3-5,9-10,14-21,28,31H,6-8,11-13,22-24H2,1-2H3,(H,35,39)/t31-/m0/s1. The van der Waals surface area contributed by atoms with Crippen LogP contribution in [0.4, 0.5) is 10.1 Å². The van der Waals surface area contributed by atoms with Crippen LogP contribution in [0.2, 0.25) is 0 Å². The molecule has 10 heteroatoms. The van der Waals surface area contributed by atoms with Crippen molar-refractivity contribution < 1.29 is 27.1 Å². The fourth-order valence-electron chi connectivity index (χ4n) is 5.46. The molecule has 0 spiro atoms. The van der Waals surface area contributed by atoms with E-state index in [1.165, 1.54) is 23.5 Å². The van der Waals surface area contributed by atoms with Gasteiger partial charge in [0.05, 0.1) is 19.1 Å². The summed E-state index contributed by atoms with van der Waals surface area (Å²) in [4.78, 5) is 29.3. The highest BCUT2D eigenvalue weighted by atomic mass is 32.2. The number of amides is 2. The molecule has 1 aliphatic rings. The molecule has 0 aliphatic heterocycles. The first-order valence-electron chi connectivity index (χ1n) is 14.6. The molecule has 8 nitrogen and oxygen atoms in total. The monoisotopic (exact) mass is 609 g/mol. The van der Waals surface area contributed by atoms with Crippen molar-refractivity contribution in [1.82, 2.24) is 10.2 Å². The molecule has 1 saturated carbocycles. The van der Waals surface area contributed by atoms with Crippen LogP contribution in [0.1, 0.15) is 49.7 Å². The molecule has 3 aromatic rings. The van der Waals surface area contributed by atoms with E-state index in [0.717, 1.165) is 37.5 Å². The van der Waals surface area contributed by atoms with Crippen molar-refractivity contribution in [2.24, 2.45) is 0 Å². The highest BCUT2D eigenvalue weighted by Crippen LogP contribution is 2.24. The Hall–Kier alpha value is -3.92. The van der Waals surface area contributed by atoms with Gasteiger partial charge < -0.3 is 15.0 Å². The van der Waals surface area contributed by atoms with E-state index in [1.54, 1.807) is 41.3 Å². The lowest BCUT2D eigenvalue weighted by Gasteiger charge is -2.33. The summed E-state index contributed by atoms with van der Waals surface area (Å²) >= 11 is 0. The minimum atomic E-state index is -3.62. The number of ether oxygens (including phenoxy) is 1. The lowest BCUT2D eigenvalue weighted by atomic mass is 10.0. The summed E-state index contributed by atoms with van der Waals surface area (Å²) in [6.45, 7) is 0.196. The Morgan fingerprint density at radius 1 is 0.953 bits per heavy atom. The molecule has 1 atom stereocenters. The van der Waals surface area contributed by atoms with E-state index in [2.05, 4.69) is 5.32 Å². The van der Waals surface area contributed by atoms with Crippen LogP contribution in [0, 0.1) is 5.82 Å². The predicted octanol–water partition coefficient (Wildman–Crippen LogP) is 5.08. The van der Waals surface area contributed by atoms with E-state index in [4.69, 9.17) is 4.74 Å². The number of halogens is 1. The molecule has 1 N–H and O–H groups in total. The number of hydrogen-bond acceptors (Lipinski definition) is 5. The molecule has 43 heavy (non-hydrogen) atoms. The molecular weight excluding hydrogens is 569 g/mol. The number of sulfonamides is 1. The van der Waals surface area contributed by atoms with Gasteiger partial charge in [0, 0.05) is 32.0 Å². The number of nitrogens with one attached hydrogen (secondary N) is 1. The number of benzene rings is 3. The zero-order valence-corrected chi connectivity index (χ0v) is 25.6. The van der Waals surface area contributed by atoms with E-state index >= 15 is 0 Å². The third kappa shape index (κ3) is 9.28. The van der Waals surface area contributed by atoms with Crippen molar-refractivity contribution in [2.75, 3.05) is 24.2 Å². The van der Waals surface area contributed by atoms with Gasteiger partial charge in [-0.3, -0.25) is 13.9 Å². The van der Waals surface area contributed by atoms with E-state index in [1.807, 2.05) is 30.3 Å². The summed E-state index contributed by atoms with van der Waals surface area (Å²) in [5.41, 5.74) is 2.07. The van der Waals surface area contributed by atoms with Gasteiger partial charge in [-0.05, 0) is 66.8 Å². The zero-order valence-electron chi connectivity index (χ0n) is 24.7. The first-order valence-corrected chi connectivity index (χ1v) is 16.5. The van der Waals surface area contributed by atoms with E-state index in [9.17, 15) is 22.4 Å². The summed E-state index contributed by atoms with van der Waals surface area (Å²) < 4.78 is 45.4. The number of carbonyl (C=O) groups is 2. The molecule has 0 unspecified atom stereocenters. The van der Waals surface area contributed by atoms with Crippen molar-refractivity contribution in [3.8, 4) is 5.75 Å². The molecule has 0 heterocycles. The Morgan fingerprint density at radius 2 is 1.60 bits per heavy atom. The number of hydrogen-bond donors (Lipinski definition) is 1. The smallest absolute Gasteiger partial charge is 0.243 e. The van der Waals surface area contributed by atoms with Crippen LogP contribution < -0.4 is 14.4 Å². The van der Waals surface area contributed by atoms with E-state index in [-0.39, 0.29) is 49.6 Å². The van der Waals surface area contributed by atoms with Crippen LogP contribution in [-0.2, 0) is 32.6 Å². The summed E-state index contributed by atoms with van der Waals surface area (Å²) in [5.74, 6) is -0.290. The predicted molar refractivity (Wildman–Crippen MR) is 166 cm³/mol. The van der Waals surface area contributed by atoms with Gasteiger partial charge in [-0.15, -0.1) is 0 Å². The van der Waals surface area contributed by atoms with Gasteiger partial charge in [-0.2, -0.15) is 0 Å². The Balaban J connectivity index is 1.57. The molecule has 0 bridgehead atoms. The second kappa shape index (κ2) is 15.0. The fourth-order valence-corrected chi connectivity index (χ4v) is 6.43. The van der Waals surface area contributed by atoms with Gasteiger partial charge in [0.2, 0.25) is 21.8 Å². The van der Waals surface area contributed by atoms with E-state index in [0.29, 0.717) is 23.4 Å². The van der Waals surface area contributed by atoms with E-state index < -0.39 is 16.1 Å². The number of rotatable bonds is 14. The molecular formula is C33H40FN3O5S. The molecule has 0 aromatic heterocycles. The van der Waals surface area contributed by atoms with Crippen LogP contribution in [0.3, 0.4) is 0 Å². The van der Waals surface area contributed by atoms with Crippen molar-refractivity contribution in [3.05, 3.63) is 95.8 Å². The summed E-state index contributed by atoms with van der Waals surface area (Å²) in [6, 6.07) is 21.4. The average molecular weight is 610 g/mol. The summed E-state index contributed by atoms with van der Waals surface area (Å²) in [6.07, 6.45) is 5.61. The van der Waals surface area contributed by atoms with Crippen LogP contribution in [-0.4, -0.2) is 57.1 Å². The molecule has 4 rings (SSSR count). The number of nitrogens with zero attached hydrogens (tertiary/aromatic N) is 2. The van der Waals surface area contributed by atoms with Crippen LogP contribution >= 0.6 is 0 Å². The third-order valence-corrected chi connectivity index (χ3v) is 8.95. The summed E-state index contributed by atoms with van der Waals surface area (Å²) in [5, 5.41) is 3.16. The Kier molecular flexibility index (Phi) is 11.2. The normalized spacial score (nSPS) is 14.2. The zero-order chi connectivity index (χ0) is 30.8.